The van der Waals surface area contributed by atoms with Crippen LogP contribution in [0.5, 0.6) is 0 Å². The van der Waals surface area contributed by atoms with Gasteiger partial charge in [0.2, 0.25) is 0 Å². The first kappa shape index (κ1) is 16.9. The molecule has 3 N–H and O–H groups in total. The summed E-state index contributed by atoms with van der Waals surface area (Å²) in [4.78, 5) is 26.9. The van der Waals surface area contributed by atoms with Crippen molar-refractivity contribution < 1.29 is 9.90 Å². The summed E-state index contributed by atoms with van der Waals surface area (Å²) < 4.78 is 1.66. The number of hydrogen-bond acceptors (Lipinski definition) is 5. The Labute approximate surface area is 144 Å². The largest absolute Gasteiger partial charge is 0.393 e. The zero-order valence-corrected chi connectivity index (χ0v) is 14.0. The van der Waals surface area contributed by atoms with E-state index in [0.29, 0.717) is 18.5 Å². The Morgan fingerprint density at radius 1 is 1.56 bits per heavy atom. The zero-order chi connectivity index (χ0) is 18.1. The fraction of sp³-hybridized carbons (Fsp3) is 0.412. The molecule has 0 radical (unpaired) electrons. The second-order valence-electron chi connectivity index (χ2n) is 6.45. The van der Waals surface area contributed by atoms with E-state index < -0.39 is 5.56 Å². The quantitative estimate of drug-likeness (QED) is 0.748. The normalized spacial score (nSPS) is 20.4. The van der Waals surface area contributed by atoms with E-state index in [0.717, 1.165) is 5.56 Å². The second-order valence-corrected chi connectivity index (χ2v) is 6.45. The number of carbonyl (C=O) groups is 1. The summed E-state index contributed by atoms with van der Waals surface area (Å²) in [6.07, 6.45) is 4.38. The summed E-state index contributed by atoms with van der Waals surface area (Å²) in [7, 11) is 1.79. The maximum atomic E-state index is 12.7. The summed E-state index contributed by atoms with van der Waals surface area (Å²) >= 11 is 0. The molecule has 2 heterocycles. The molecule has 1 saturated carbocycles. The van der Waals surface area contributed by atoms with Gasteiger partial charge in [-0.25, -0.2) is 0 Å². The van der Waals surface area contributed by atoms with E-state index in [1.807, 2.05) is 6.20 Å². The van der Waals surface area contributed by atoms with E-state index in [1.165, 1.54) is 6.07 Å². The van der Waals surface area contributed by atoms with Crippen LogP contribution in [0.25, 0.3) is 0 Å². The van der Waals surface area contributed by atoms with Gasteiger partial charge in [-0.2, -0.15) is 10.4 Å². The summed E-state index contributed by atoms with van der Waals surface area (Å²) in [5, 5.41) is 25.7. The smallest absolute Gasteiger partial charge is 0.266 e. The molecule has 8 nitrogen and oxygen atoms in total. The van der Waals surface area contributed by atoms with Gasteiger partial charge in [-0.1, -0.05) is 0 Å². The maximum Gasteiger partial charge on any atom is 0.266 e. The van der Waals surface area contributed by atoms with Crippen LogP contribution < -0.4 is 10.9 Å². The average Bonchev–Trinajstić information content (AvgIpc) is 2.96. The minimum absolute atomic E-state index is 0.104. The number of hydrogen-bond donors (Lipinski definition) is 3. The predicted octanol–water partition coefficient (Wildman–Crippen LogP) is 0.530. The number of amides is 1. The van der Waals surface area contributed by atoms with Crippen molar-refractivity contribution in [2.24, 2.45) is 13.0 Å². The van der Waals surface area contributed by atoms with Gasteiger partial charge in [-0.3, -0.25) is 14.3 Å². The van der Waals surface area contributed by atoms with Crippen LogP contribution in [0.15, 0.2) is 23.3 Å². The Morgan fingerprint density at radius 2 is 2.28 bits per heavy atom. The first-order chi connectivity index (χ1) is 11.9. The number of nitrogens with one attached hydrogen (secondary N) is 2. The van der Waals surface area contributed by atoms with Crippen molar-refractivity contribution in [1.82, 2.24) is 20.1 Å². The SMILES string of the molecule is Cc1[nH]c(=O)c(C#N)cc1C(=O)NC(c1cnn(C)c1)C1CC(O)C1. The van der Waals surface area contributed by atoms with Gasteiger partial charge in [-0.15, -0.1) is 0 Å². The van der Waals surface area contributed by atoms with Crippen LogP contribution in [0.3, 0.4) is 0 Å². The summed E-state index contributed by atoms with van der Waals surface area (Å²) in [6.45, 7) is 1.61. The van der Waals surface area contributed by atoms with Crippen LogP contribution in [-0.2, 0) is 7.05 Å². The van der Waals surface area contributed by atoms with E-state index in [2.05, 4.69) is 15.4 Å². The van der Waals surface area contributed by atoms with E-state index in [1.54, 1.807) is 30.9 Å². The van der Waals surface area contributed by atoms with Crippen molar-refractivity contribution in [2.45, 2.75) is 31.9 Å². The molecule has 1 amide bonds. The van der Waals surface area contributed by atoms with Gasteiger partial charge in [0, 0.05) is 24.5 Å². The zero-order valence-electron chi connectivity index (χ0n) is 14.0. The van der Waals surface area contributed by atoms with Crippen LogP contribution in [0.2, 0.25) is 0 Å². The fourth-order valence-corrected chi connectivity index (χ4v) is 3.14. The van der Waals surface area contributed by atoms with Gasteiger partial charge in [0.05, 0.1) is 23.9 Å². The lowest BCUT2D eigenvalue weighted by atomic mass is 9.75. The Balaban J connectivity index is 1.88. The van der Waals surface area contributed by atoms with E-state index in [-0.39, 0.29) is 35.1 Å². The highest BCUT2D eigenvalue weighted by Crippen LogP contribution is 2.38. The third-order valence-corrected chi connectivity index (χ3v) is 4.60. The molecule has 1 fully saturated rings. The number of aliphatic hydroxyl groups excluding tert-OH is 1. The number of rotatable bonds is 4. The maximum absolute atomic E-state index is 12.7. The monoisotopic (exact) mass is 341 g/mol. The molecule has 0 aliphatic heterocycles. The molecule has 1 aliphatic carbocycles. The van der Waals surface area contributed by atoms with Crippen LogP contribution in [0.4, 0.5) is 0 Å². The predicted molar refractivity (Wildman–Crippen MR) is 88.7 cm³/mol. The average molecular weight is 341 g/mol. The van der Waals surface area contributed by atoms with Crippen LogP contribution in [-0.4, -0.2) is 31.9 Å². The van der Waals surface area contributed by atoms with Crippen molar-refractivity contribution in [2.75, 3.05) is 0 Å². The molecule has 1 unspecified atom stereocenters. The highest BCUT2D eigenvalue weighted by atomic mass is 16.3. The number of nitriles is 1. The molecule has 0 saturated heterocycles. The third-order valence-electron chi connectivity index (χ3n) is 4.60. The Bertz CT molecular complexity index is 902. The summed E-state index contributed by atoms with van der Waals surface area (Å²) in [6, 6.07) is 2.80. The van der Waals surface area contributed by atoms with E-state index in [9.17, 15) is 14.7 Å². The number of aliphatic hydroxyl groups is 1. The molecule has 2 aromatic rings. The van der Waals surface area contributed by atoms with Crippen molar-refractivity contribution in [1.29, 1.82) is 5.26 Å². The minimum atomic E-state index is -0.512. The fourth-order valence-electron chi connectivity index (χ4n) is 3.14. The lowest BCUT2D eigenvalue weighted by Gasteiger charge is -2.37. The van der Waals surface area contributed by atoms with Crippen LogP contribution in [0, 0.1) is 24.2 Å². The van der Waals surface area contributed by atoms with Crippen molar-refractivity contribution in [3.63, 3.8) is 0 Å². The molecule has 1 aliphatic rings. The highest BCUT2D eigenvalue weighted by Gasteiger charge is 2.36. The molecule has 25 heavy (non-hydrogen) atoms. The van der Waals surface area contributed by atoms with E-state index in [4.69, 9.17) is 5.26 Å². The molecule has 2 aromatic heterocycles. The number of nitrogens with zero attached hydrogens (tertiary/aromatic N) is 3. The third kappa shape index (κ3) is 3.32. The lowest BCUT2D eigenvalue weighted by Crippen LogP contribution is -2.41. The molecular formula is C17H19N5O3. The van der Waals surface area contributed by atoms with Crippen LogP contribution in [0.1, 0.15) is 46.1 Å². The number of pyridine rings is 1. The standard InChI is InChI=1S/C17H19N5O3/c1-9-14(5-11(6-18)16(24)20-9)17(25)21-15(10-3-13(23)4-10)12-7-19-22(2)8-12/h5,7-8,10,13,15,23H,3-4H2,1-2H3,(H,20,24)(H,21,25). The Hall–Kier alpha value is -2.92. The molecule has 130 valence electrons. The number of aromatic amines is 1. The Kier molecular flexibility index (Phi) is 4.42. The van der Waals surface area contributed by atoms with Gasteiger partial charge in [0.25, 0.3) is 11.5 Å². The number of H-pyrrole nitrogens is 1. The van der Waals surface area contributed by atoms with Gasteiger partial charge >= 0.3 is 0 Å². The van der Waals surface area contributed by atoms with Crippen molar-refractivity contribution in [3.8, 4) is 6.07 Å². The van der Waals surface area contributed by atoms with Gasteiger partial charge < -0.3 is 15.4 Å². The minimum Gasteiger partial charge on any atom is -0.393 e. The molecule has 0 spiro atoms. The molecule has 0 aromatic carbocycles. The second kappa shape index (κ2) is 6.53. The Morgan fingerprint density at radius 3 is 2.84 bits per heavy atom. The molecule has 1 atom stereocenters. The first-order valence-electron chi connectivity index (χ1n) is 8.00. The molecule has 3 rings (SSSR count). The van der Waals surface area contributed by atoms with Gasteiger partial charge in [-0.05, 0) is 31.7 Å². The topological polar surface area (TPSA) is 124 Å². The highest BCUT2D eigenvalue weighted by molar-refractivity contribution is 5.95. The lowest BCUT2D eigenvalue weighted by molar-refractivity contribution is 0.0235. The number of aryl methyl sites for hydroxylation is 2. The van der Waals surface area contributed by atoms with Crippen molar-refractivity contribution >= 4 is 5.91 Å². The number of carbonyl (C=O) groups excluding carboxylic acids is 1. The number of aromatic nitrogens is 3. The summed E-state index contributed by atoms with van der Waals surface area (Å²) in [5.74, 6) is -0.262. The van der Waals surface area contributed by atoms with Gasteiger partial charge in [0.15, 0.2) is 0 Å². The van der Waals surface area contributed by atoms with E-state index >= 15 is 0 Å². The molecular weight excluding hydrogens is 322 g/mol. The molecule has 8 heteroatoms. The van der Waals surface area contributed by atoms with Gasteiger partial charge in [0.1, 0.15) is 11.6 Å². The van der Waals surface area contributed by atoms with Crippen LogP contribution >= 0.6 is 0 Å². The summed E-state index contributed by atoms with van der Waals surface area (Å²) in [5.41, 5.74) is 0.899. The molecule has 0 bridgehead atoms. The van der Waals surface area contributed by atoms with Crippen molar-refractivity contribution in [3.05, 3.63) is 51.2 Å². The first-order valence-corrected chi connectivity index (χ1v) is 8.00.